The number of rotatable bonds is 10. The molecule has 0 bridgehead atoms. The van der Waals surface area contributed by atoms with E-state index in [1.54, 1.807) is 7.11 Å². The van der Waals surface area contributed by atoms with Crippen LogP contribution in [0.5, 0.6) is 0 Å². The Morgan fingerprint density at radius 3 is 2.67 bits per heavy atom. The molecule has 0 fully saturated rings. The van der Waals surface area contributed by atoms with Crippen molar-refractivity contribution in [2.45, 2.75) is 39.7 Å². The molecule has 0 radical (unpaired) electrons. The van der Waals surface area contributed by atoms with Gasteiger partial charge in [0.05, 0.1) is 13.2 Å². The minimum Gasteiger partial charge on any atom is -0.396 e. The fraction of sp³-hybridized carbons (Fsp3) is 0.923. The van der Waals surface area contributed by atoms with E-state index in [2.05, 4.69) is 24.5 Å². The van der Waals surface area contributed by atoms with Crippen LogP contribution in [0.4, 0.5) is 0 Å². The first-order valence-electron chi connectivity index (χ1n) is 6.51. The third-order valence-corrected chi connectivity index (χ3v) is 2.72. The van der Waals surface area contributed by atoms with E-state index in [1.165, 1.54) is 0 Å². The smallest absolute Gasteiger partial charge is 0.234 e. The maximum atomic E-state index is 11.6. The van der Waals surface area contributed by atoms with Crippen LogP contribution in [-0.4, -0.2) is 50.5 Å². The van der Waals surface area contributed by atoms with Gasteiger partial charge in [-0.1, -0.05) is 13.8 Å². The highest BCUT2D eigenvalue weighted by Crippen LogP contribution is 2.20. The SMILES string of the molecule is COCC(C)NC(=O)CNCC(C)(C)CCCO. The zero-order valence-corrected chi connectivity index (χ0v) is 12.1. The van der Waals surface area contributed by atoms with E-state index in [9.17, 15) is 4.79 Å². The van der Waals surface area contributed by atoms with Gasteiger partial charge in [-0.2, -0.15) is 0 Å². The van der Waals surface area contributed by atoms with Gasteiger partial charge < -0.3 is 20.5 Å². The largest absolute Gasteiger partial charge is 0.396 e. The molecule has 0 saturated heterocycles. The van der Waals surface area contributed by atoms with E-state index in [0.717, 1.165) is 19.4 Å². The minimum absolute atomic E-state index is 0.0162. The maximum absolute atomic E-state index is 11.6. The number of nitrogens with one attached hydrogen (secondary N) is 2. The summed E-state index contributed by atoms with van der Waals surface area (Å²) in [4.78, 5) is 11.6. The zero-order chi connectivity index (χ0) is 14.0. The molecule has 1 amide bonds. The summed E-state index contributed by atoms with van der Waals surface area (Å²) < 4.78 is 4.95. The molecule has 18 heavy (non-hydrogen) atoms. The molecule has 0 aliphatic rings. The van der Waals surface area contributed by atoms with Gasteiger partial charge in [-0.05, 0) is 25.2 Å². The molecule has 0 aromatic heterocycles. The number of methoxy groups -OCH3 is 1. The number of hydrogen-bond donors (Lipinski definition) is 3. The lowest BCUT2D eigenvalue weighted by Crippen LogP contribution is -2.42. The van der Waals surface area contributed by atoms with Crippen molar-refractivity contribution < 1.29 is 14.6 Å². The molecular weight excluding hydrogens is 232 g/mol. The average Bonchev–Trinajstić information content (AvgIpc) is 2.26. The predicted molar refractivity (Wildman–Crippen MR) is 72.5 cm³/mol. The van der Waals surface area contributed by atoms with Gasteiger partial charge in [-0.3, -0.25) is 4.79 Å². The van der Waals surface area contributed by atoms with Crippen LogP contribution in [0.1, 0.15) is 33.6 Å². The molecule has 0 heterocycles. The van der Waals surface area contributed by atoms with Crippen LogP contribution >= 0.6 is 0 Å². The Balaban J connectivity index is 3.72. The molecule has 0 aliphatic heterocycles. The van der Waals surface area contributed by atoms with Crippen molar-refractivity contribution in [1.29, 1.82) is 0 Å². The van der Waals surface area contributed by atoms with Gasteiger partial charge in [0.25, 0.3) is 0 Å². The zero-order valence-electron chi connectivity index (χ0n) is 12.1. The first kappa shape index (κ1) is 17.4. The fourth-order valence-electron chi connectivity index (χ4n) is 1.78. The topological polar surface area (TPSA) is 70.6 Å². The van der Waals surface area contributed by atoms with Crippen molar-refractivity contribution in [1.82, 2.24) is 10.6 Å². The molecule has 5 nitrogen and oxygen atoms in total. The van der Waals surface area contributed by atoms with Gasteiger partial charge >= 0.3 is 0 Å². The highest BCUT2D eigenvalue weighted by atomic mass is 16.5. The minimum atomic E-state index is -0.0162. The molecule has 5 heteroatoms. The molecule has 0 saturated carbocycles. The van der Waals surface area contributed by atoms with Crippen molar-refractivity contribution in [3.8, 4) is 0 Å². The molecule has 1 unspecified atom stereocenters. The van der Waals surface area contributed by atoms with Crippen LogP contribution in [0, 0.1) is 5.41 Å². The number of amides is 1. The Bertz CT molecular complexity index is 232. The highest BCUT2D eigenvalue weighted by molar-refractivity contribution is 5.78. The molecule has 0 aliphatic carbocycles. The van der Waals surface area contributed by atoms with E-state index in [0.29, 0.717) is 13.2 Å². The highest BCUT2D eigenvalue weighted by Gasteiger charge is 2.17. The third-order valence-electron chi connectivity index (χ3n) is 2.72. The second kappa shape index (κ2) is 9.30. The van der Waals surface area contributed by atoms with Gasteiger partial charge in [0.2, 0.25) is 5.91 Å². The second-order valence-electron chi connectivity index (χ2n) is 5.52. The molecule has 3 N–H and O–H groups in total. The quantitative estimate of drug-likeness (QED) is 0.536. The summed E-state index contributed by atoms with van der Waals surface area (Å²) in [5.74, 6) is -0.0162. The van der Waals surface area contributed by atoms with Crippen LogP contribution in [0.15, 0.2) is 0 Å². The standard InChI is InChI=1S/C13H28N2O3/c1-11(9-18-4)15-12(17)8-14-10-13(2,3)6-5-7-16/h11,14,16H,5-10H2,1-4H3,(H,15,17). The number of hydrogen-bond acceptors (Lipinski definition) is 4. The van der Waals surface area contributed by atoms with E-state index < -0.39 is 0 Å². The number of aliphatic hydroxyl groups is 1. The maximum Gasteiger partial charge on any atom is 0.234 e. The molecule has 0 aromatic rings. The van der Waals surface area contributed by atoms with Gasteiger partial charge in [-0.15, -0.1) is 0 Å². The van der Waals surface area contributed by atoms with E-state index >= 15 is 0 Å². The summed E-state index contributed by atoms with van der Waals surface area (Å²) in [6, 6.07) is 0.0340. The summed E-state index contributed by atoms with van der Waals surface area (Å²) in [6.07, 6.45) is 1.74. The number of ether oxygens (including phenoxy) is 1. The Hall–Kier alpha value is -0.650. The van der Waals surface area contributed by atoms with Crippen LogP contribution in [0.3, 0.4) is 0 Å². The van der Waals surface area contributed by atoms with E-state index in [1.807, 2.05) is 6.92 Å². The number of carbonyl (C=O) groups excluding carboxylic acids is 1. The Morgan fingerprint density at radius 1 is 1.44 bits per heavy atom. The normalized spacial score (nSPS) is 13.4. The first-order chi connectivity index (χ1) is 8.41. The molecule has 0 spiro atoms. The molecule has 1 atom stereocenters. The summed E-state index contributed by atoms with van der Waals surface area (Å²) >= 11 is 0. The van der Waals surface area contributed by atoms with Crippen LogP contribution in [0.2, 0.25) is 0 Å². The van der Waals surface area contributed by atoms with Gasteiger partial charge in [0.15, 0.2) is 0 Å². The molecule has 108 valence electrons. The van der Waals surface area contributed by atoms with Crippen molar-refractivity contribution in [3.63, 3.8) is 0 Å². The Morgan fingerprint density at radius 2 is 2.11 bits per heavy atom. The van der Waals surface area contributed by atoms with Gasteiger partial charge in [-0.25, -0.2) is 0 Å². The van der Waals surface area contributed by atoms with E-state index in [-0.39, 0.29) is 24.0 Å². The van der Waals surface area contributed by atoms with Crippen molar-refractivity contribution in [3.05, 3.63) is 0 Å². The van der Waals surface area contributed by atoms with Crippen molar-refractivity contribution in [2.75, 3.05) is 33.4 Å². The van der Waals surface area contributed by atoms with Crippen LogP contribution in [-0.2, 0) is 9.53 Å². The lowest BCUT2D eigenvalue weighted by atomic mass is 9.88. The number of aliphatic hydroxyl groups excluding tert-OH is 1. The summed E-state index contributed by atoms with van der Waals surface area (Å²) in [5, 5.41) is 14.8. The lowest BCUT2D eigenvalue weighted by Gasteiger charge is -2.24. The number of carbonyl (C=O) groups is 1. The average molecular weight is 260 g/mol. The Kier molecular flexibility index (Phi) is 8.97. The summed E-state index contributed by atoms with van der Waals surface area (Å²) in [7, 11) is 1.62. The van der Waals surface area contributed by atoms with Gasteiger partial charge in [0.1, 0.15) is 0 Å². The van der Waals surface area contributed by atoms with Crippen LogP contribution in [0.25, 0.3) is 0 Å². The lowest BCUT2D eigenvalue weighted by molar-refractivity contribution is -0.121. The van der Waals surface area contributed by atoms with Crippen LogP contribution < -0.4 is 10.6 Å². The third kappa shape index (κ3) is 9.39. The summed E-state index contributed by atoms with van der Waals surface area (Å²) in [5.41, 5.74) is 0.0984. The second-order valence-corrected chi connectivity index (χ2v) is 5.52. The first-order valence-corrected chi connectivity index (χ1v) is 6.51. The monoisotopic (exact) mass is 260 g/mol. The summed E-state index contributed by atoms with van der Waals surface area (Å²) in [6.45, 7) is 7.98. The molecular formula is C13H28N2O3. The molecule has 0 aromatic carbocycles. The van der Waals surface area contributed by atoms with Crippen molar-refractivity contribution in [2.24, 2.45) is 5.41 Å². The molecule has 0 rings (SSSR count). The van der Waals surface area contributed by atoms with E-state index in [4.69, 9.17) is 9.84 Å². The predicted octanol–water partition coefficient (Wildman–Crippen LogP) is 0.526. The van der Waals surface area contributed by atoms with Gasteiger partial charge in [0, 0.05) is 26.3 Å². The Labute approximate surface area is 110 Å². The fourth-order valence-corrected chi connectivity index (χ4v) is 1.78. The van der Waals surface area contributed by atoms with Crippen molar-refractivity contribution >= 4 is 5.91 Å².